The minimum atomic E-state index is -0.514. The fourth-order valence-corrected chi connectivity index (χ4v) is 3.98. The van der Waals surface area contributed by atoms with Crippen molar-refractivity contribution in [2.24, 2.45) is 0 Å². The molecule has 0 unspecified atom stereocenters. The van der Waals surface area contributed by atoms with E-state index in [1.807, 2.05) is 50.8 Å². The van der Waals surface area contributed by atoms with Crippen LogP contribution in [-0.4, -0.2) is 56.2 Å². The number of carbonyl (C=O) groups excluding carboxylic acids is 1. The Morgan fingerprint density at radius 1 is 1.29 bits per heavy atom. The SMILES string of the molecule is COc1cc(-c2cnn([C@@H]3CCN(C(=O)OC(C)(C)C)C3)c2C)cn2ncc(C#N)c12. The minimum Gasteiger partial charge on any atom is -0.494 e. The standard InChI is InChI=1S/C22H26N6O3/c1-14-18(15-8-19(30-5)20-16(9-23)10-24-27(20)12-15)11-25-28(14)17-6-7-26(13-17)21(29)31-22(2,3)4/h8,10-12,17H,6-7,13H2,1-5H3/t17-/m1/s1. The molecule has 1 fully saturated rings. The zero-order chi connectivity index (χ0) is 22.3. The van der Waals surface area contributed by atoms with Gasteiger partial charge >= 0.3 is 6.09 Å². The highest BCUT2D eigenvalue weighted by molar-refractivity contribution is 5.76. The summed E-state index contributed by atoms with van der Waals surface area (Å²) in [6.45, 7) is 8.81. The Morgan fingerprint density at radius 3 is 2.74 bits per heavy atom. The molecule has 1 aliphatic rings. The van der Waals surface area contributed by atoms with E-state index in [1.54, 1.807) is 16.5 Å². The van der Waals surface area contributed by atoms with Crippen molar-refractivity contribution in [2.45, 2.75) is 45.8 Å². The summed E-state index contributed by atoms with van der Waals surface area (Å²) in [5.74, 6) is 0.579. The molecule has 4 heterocycles. The third-order valence-electron chi connectivity index (χ3n) is 5.43. The second kappa shape index (κ2) is 7.61. The second-order valence-electron chi connectivity index (χ2n) is 8.72. The fraction of sp³-hybridized carbons (Fsp3) is 0.455. The number of pyridine rings is 1. The smallest absolute Gasteiger partial charge is 0.410 e. The highest BCUT2D eigenvalue weighted by atomic mass is 16.6. The predicted octanol–water partition coefficient (Wildman–Crippen LogP) is 3.57. The van der Waals surface area contributed by atoms with Crippen molar-refractivity contribution in [2.75, 3.05) is 20.2 Å². The van der Waals surface area contributed by atoms with Crippen LogP contribution in [-0.2, 0) is 4.74 Å². The maximum Gasteiger partial charge on any atom is 0.410 e. The summed E-state index contributed by atoms with van der Waals surface area (Å²) in [4.78, 5) is 14.1. The van der Waals surface area contributed by atoms with E-state index in [9.17, 15) is 10.1 Å². The first-order valence-corrected chi connectivity index (χ1v) is 10.2. The van der Waals surface area contributed by atoms with Crippen molar-refractivity contribution < 1.29 is 14.3 Å². The van der Waals surface area contributed by atoms with E-state index in [0.29, 0.717) is 29.9 Å². The molecule has 1 saturated heterocycles. The Hall–Kier alpha value is -3.54. The van der Waals surface area contributed by atoms with E-state index in [2.05, 4.69) is 16.3 Å². The Morgan fingerprint density at radius 2 is 2.06 bits per heavy atom. The van der Waals surface area contributed by atoms with Crippen molar-refractivity contribution in [3.8, 4) is 22.9 Å². The second-order valence-corrected chi connectivity index (χ2v) is 8.72. The summed E-state index contributed by atoms with van der Waals surface area (Å²) in [6, 6.07) is 4.12. The van der Waals surface area contributed by atoms with Crippen LogP contribution in [0.25, 0.3) is 16.6 Å². The number of methoxy groups -OCH3 is 1. The molecule has 1 aliphatic heterocycles. The number of hydrogen-bond donors (Lipinski definition) is 0. The number of likely N-dealkylation sites (tertiary alicyclic amines) is 1. The van der Waals surface area contributed by atoms with Gasteiger partial charge in [-0.1, -0.05) is 0 Å². The van der Waals surface area contributed by atoms with Crippen LogP contribution in [0.2, 0.25) is 0 Å². The van der Waals surface area contributed by atoms with E-state index in [1.165, 1.54) is 6.20 Å². The molecule has 0 spiro atoms. The molecule has 3 aromatic rings. The molecule has 0 aliphatic carbocycles. The van der Waals surface area contributed by atoms with E-state index < -0.39 is 5.60 Å². The lowest BCUT2D eigenvalue weighted by molar-refractivity contribution is 0.0288. The summed E-state index contributed by atoms with van der Waals surface area (Å²) in [6.07, 6.45) is 5.74. The lowest BCUT2D eigenvalue weighted by atomic mass is 10.1. The average Bonchev–Trinajstić information content (AvgIpc) is 3.43. The van der Waals surface area contributed by atoms with E-state index in [0.717, 1.165) is 23.2 Å². The van der Waals surface area contributed by atoms with Crippen molar-refractivity contribution in [1.82, 2.24) is 24.3 Å². The maximum absolute atomic E-state index is 12.4. The average molecular weight is 422 g/mol. The van der Waals surface area contributed by atoms with Crippen LogP contribution >= 0.6 is 0 Å². The molecule has 1 atom stereocenters. The highest BCUT2D eigenvalue weighted by Gasteiger charge is 2.32. The lowest BCUT2D eigenvalue weighted by Gasteiger charge is -2.24. The normalized spacial score (nSPS) is 16.5. The molecule has 9 nitrogen and oxygen atoms in total. The first kappa shape index (κ1) is 20.7. The van der Waals surface area contributed by atoms with Crippen molar-refractivity contribution in [3.63, 3.8) is 0 Å². The summed E-state index contributed by atoms with van der Waals surface area (Å²) < 4.78 is 14.6. The third-order valence-corrected chi connectivity index (χ3v) is 5.43. The quantitative estimate of drug-likeness (QED) is 0.640. The van der Waals surface area contributed by atoms with Crippen molar-refractivity contribution in [3.05, 3.63) is 35.9 Å². The van der Waals surface area contributed by atoms with E-state index in [4.69, 9.17) is 9.47 Å². The molecule has 0 N–H and O–H groups in total. The molecule has 0 radical (unpaired) electrons. The molecular formula is C22H26N6O3. The van der Waals surface area contributed by atoms with Gasteiger partial charge in [0.05, 0.1) is 25.5 Å². The first-order chi connectivity index (χ1) is 14.7. The largest absolute Gasteiger partial charge is 0.494 e. The number of fused-ring (bicyclic) bond motifs is 1. The van der Waals surface area contributed by atoms with Gasteiger partial charge in [0.1, 0.15) is 28.5 Å². The number of nitrogens with zero attached hydrogens (tertiary/aromatic N) is 6. The number of carbonyl (C=O) groups is 1. The Balaban J connectivity index is 1.61. The molecule has 31 heavy (non-hydrogen) atoms. The summed E-state index contributed by atoms with van der Waals surface area (Å²) in [5.41, 5.74) is 3.42. The number of hydrogen-bond acceptors (Lipinski definition) is 6. The molecule has 0 bridgehead atoms. The van der Waals surface area contributed by atoms with Crippen LogP contribution in [0.4, 0.5) is 4.79 Å². The summed E-state index contributed by atoms with van der Waals surface area (Å²) in [7, 11) is 1.58. The Bertz CT molecular complexity index is 1180. The zero-order valence-electron chi connectivity index (χ0n) is 18.4. The van der Waals surface area contributed by atoms with Gasteiger partial charge in [-0.3, -0.25) is 4.68 Å². The summed E-state index contributed by atoms with van der Waals surface area (Å²) >= 11 is 0. The number of nitriles is 1. The lowest BCUT2D eigenvalue weighted by Crippen LogP contribution is -2.35. The van der Waals surface area contributed by atoms with Gasteiger partial charge in [0.25, 0.3) is 0 Å². The monoisotopic (exact) mass is 422 g/mol. The van der Waals surface area contributed by atoms with Gasteiger partial charge in [-0.25, -0.2) is 9.31 Å². The van der Waals surface area contributed by atoms with Gasteiger partial charge in [0, 0.05) is 36.1 Å². The van der Waals surface area contributed by atoms with E-state index >= 15 is 0 Å². The van der Waals surface area contributed by atoms with Gasteiger partial charge in [-0.05, 0) is 40.2 Å². The third kappa shape index (κ3) is 3.81. The van der Waals surface area contributed by atoms with Gasteiger partial charge in [-0.15, -0.1) is 0 Å². The van der Waals surface area contributed by atoms with Crippen LogP contribution in [0.3, 0.4) is 0 Å². The highest BCUT2D eigenvalue weighted by Crippen LogP contribution is 2.33. The van der Waals surface area contributed by atoms with Crippen LogP contribution in [0.15, 0.2) is 24.7 Å². The molecule has 4 rings (SSSR count). The number of amides is 1. The molecule has 1 amide bonds. The first-order valence-electron chi connectivity index (χ1n) is 10.2. The van der Waals surface area contributed by atoms with Crippen LogP contribution in [0.5, 0.6) is 5.75 Å². The predicted molar refractivity (Wildman–Crippen MR) is 114 cm³/mol. The van der Waals surface area contributed by atoms with Crippen LogP contribution < -0.4 is 4.74 Å². The van der Waals surface area contributed by atoms with E-state index in [-0.39, 0.29) is 12.1 Å². The molecule has 162 valence electrons. The molecule has 0 saturated carbocycles. The molecule has 0 aromatic carbocycles. The van der Waals surface area contributed by atoms with Gasteiger partial charge in [0.2, 0.25) is 0 Å². The van der Waals surface area contributed by atoms with Crippen LogP contribution in [0, 0.1) is 18.3 Å². The Labute approximate surface area is 180 Å². The summed E-state index contributed by atoms with van der Waals surface area (Å²) in [5, 5.41) is 18.2. The number of ether oxygens (including phenoxy) is 2. The van der Waals surface area contributed by atoms with Crippen molar-refractivity contribution in [1.29, 1.82) is 5.26 Å². The topological polar surface area (TPSA) is 97.7 Å². The molecule has 9 heteroatoms. The fourth-order valence-electron chi connectivity index (χ4n) is 3.98. The Kier molecular flexibility index (Phi) is 5.09. The van der Waals surface area contributed by atoms with Crippen molar-refractivity contribution >= 4 is 11.6 Å². The molecular weight excluding hydrogens is 396 g/mol. The minimum absolute atomic E-state index is 0.0850. The van der Waals surface area contributed by atoms with Crippen LogP contribution in [0.1, 0.15) is 44.5 Å². The zero-order valence-corrected chi connectivity index (χ0v) is 18.4. The number of rotatable bonds is 3. The van der Waals surface area contributed by atoms with Gasteiger partial charge in [-0.2, -0.15) is 15.5 Å². The molecule has 3 aromatic heterocycles. The van der Waals surface area contributed by atoms with Gasteiger partial charge in [0.15, 0.2) is 0 Å². The van der Waals surface area contributed by atoms with Gasteiger partial charge < -0.3 is 14.4 Å². The number of aromatic nitrogens is 4. The maximum atomic E-state index is 12.4.